The summed E-state index contributed by atoms with van der Waals surface area (Å²) >= 11 is 0. The van der Waals surface area contributed by atoms with Crippen LogP contribution in [0.15, 0.2) is 42.5 Å². The Kier molecular flexibility index (Phi) is 2.57. The van der Waals surface area contributed by atoms with Crippen LogP contribution in [0.3, 0.4) is 0 Å². The molecule has 0 saturated carbocycles. The van der Waals surface area contributed by atoms with Crippen molar-refractivity contribution in [3.63, 3.8) is 0 Å². The number of fused-ring (bicyclic) bond motifs is 2. The van der Waals surface area contributed by atoms with Gasteiger partial charge in [-0.25, -0.2) is 0 Å². The van der Waals surface area contributed by atoms with Crippen molar-refractivity contribution in [3.8, 4) is 0 Å². The third kappa shape index (κ3) is 1.91. The molecule has 0 aliphatic carbocycles. The van der Waals surface area contributed by atoms with Gasteiger partial charge >= 0.3 is 0 Å². The minimum Gasteiger partial charge on any atom is -0.326 e. The quantitative estimate of drug-likeness (QED) is 0.870. The lowest BCUT2D eigenvalue weighted by Gasteiger charge is -2.17. The lowest BCUT2D eigenvalue weighted by Crippen LogP contribution is -2.28. The number of para-hydroxylation sites is 1. The highest BCUT2D eigenvalue weighted by atomic mass is 16.2. The van der Waals surface area contributed by atoms with Gasteiger partial charge in [0.1, 0.15) is 0 Å². The molecule has 0 unspecified atom stereocenters. The molecule has 2 aliphatic rings. The van der Waals surface area contributed by atoms with E-state index in [1.54, 1.807) is 6.07 Å². The molecule has 2 aromatic carbocycles. The summed E-state index contributed by atoms with van der Waals surface area (Å²) in [4.78, 5) is 25.9. The zero-order chi connectivity index (χ0) is 14.4. The lowest BCUT2D eigenvalue weighted by atomic mass is 10.1. The standard InChI is InChI=1S/C17H14N2O2/c20-16-10-13-9-12(5-6-14(13)18-16)17(21)19-8-7-11-3-1-2-4-15(11)19/h1-6,9H,7-8,10H2,(H,18,20). The molecule has 2 amide bonds. The third-order valence-corrected chi connectivity index (χ3v) is 4.11. The predicted octanol–water partition coefficient (Wildman–Crippen LogP) is 2.38. The Hall–Kier alpha value is -2.62. The Morgan fingerprint density at radius 3 is 2.86 bits per heavy atom. The first-order valence-corrected chi connectivity index (χ1v) is 7.05. The van der Waals surface area contributed by atoms with Gasteiger partial charge in [0.15, 0.2) is 0 Å². The second-order valence-corrected chi connectivity index (χ2v) is 5.43. The number of nitrogens with zero attached hydrogens (tertiary/aromatic N) is 1. The number of carbonyl (C=O) groups excluding carboxylic acids is 2. The molecule has 2 heterocycles. The second-order valence-electron chi connectivity index (χ2n) is 5.43. The van der Waals surface area contributed by atoms with Crippen LogP contribution in [0.2, 0.25) is 0 Å². The average molecular weight is 278 g/mol. The molecular formula is C17H14N2O2. The minimum absolute atomic E-state index is 0.00194. The molecule has 0 radical (unpaired) electrons. The molecule has 2 aromatic rings. The number of nitrogens with one attached hydrogen (secondary N) is 1. The fourth-order valence-corrected chi connectivity index (χ4v) is 3.07. The molecule has 4 nitrogen and oxygen atoms in total. The number of hydrogen-bond donors (Lipinski definition) is 1. The molecule has 2 aliphatic heterocycles. The van der Waals surface area contributed by atoms with Crippen molar-refractivity contribution >= 4 is 23.2 Å². The van der Waals surface area contributed by atoms with Crippen molar-refractivity contribution in [3.05, 3.63) is 59.2 Å². The van der Waals surface area contributed by atoms with E-state index in [9.17, 15) is 9.59 Å². The molecule has 4 heteroatoms. The van der Waals surface area contributed by atoms with E-state index >= 15 is 0 Å². The minimum atomic E-state index is -0.0129. The highest BCUT2D eigenvalue weighted by molar-refractivity contribution is 6.08. The summed E-state index contributed by atoms with van der Waals surface area (Å²) in [6, 6.07) is 13.4. The van der Waals surface area contributed by atoms with Gasteiger partial charge in [-0.2, -0.15) is 0 Å². The molecule has 0 fully saturated rings. The van der Waals surface area contributed by atoms with Crippen LogP contribution in [-0.4, -0.2) is 18.4 Å². The lowest BCUT2D eigenvalue weighted by molar-refractivity contribution is -0.115. The first-order valence-electron chi connectivity index (χ1n) is 7.05. The maximum atomic E-state index is 12.7. The van der Waals surface area contributed by atoms with E-state index in [-0.39, 0.29) is 11.8 Å². The van der Waals surface area contributed by atoms with Gasteiger partial charge in [-0.3, -0.25) is 9.59 Å². The van der Waals surface area contributed by atoms with Gasteiger partial charge in [-0.15, -0.1) is 0 Å². The first-order chi connectivity index (χ1) is 10.2. The van der Waals surface area contributed by atoms with Crippen molar-refractivity contribution in [1.29, 1.82) is 0 Å². The Balaban J connectivity index is 1.68. The normalized spacial score (nSPS) is 15.6. The van der Waals surface area contributed by atoms with Gasteiger partial charge in [0.05, 0.1) is 6.42 Å². The predicted molar refractivity (Wildman–Crippen MR) is 80.6 cm³/mol. The second kappa shape index (κ2) is 4.45. The van der Waals surface area contributed by atoms with Gasteiger partial charge in [-0.05, 0) is 41.8 Å². The molecule has 1 N–H and O–H groups in total. The number of amides is 2. The molecule has 104 valence electrons. The van der Waals surface area contributed by atoms with E-state index in [0.717, 1.165) is 23.4 Å². The largest absolute Gasteiger partial charge is 0.326 e. The van der Waals surface area contributed by atoms with Crippen molar-refractivity contribution in [1.82, 2.24) is 0 Å². The maximum absolute atomic E-state index is 12.7. The summed E-state index contributed by atoms with van der Waals surface area (Å²) in [7, 11) is 0. The number of hydrogen-bond acceptors (Lipinski definition) is 2. The number of anilines is 2. The Labute approximate surface area is 122 Å². The van der Waals surface area contributed by atoms with Crippen molar-refractivity contribution in [2.24, 2.45) is 0 Å². The first kappa shape index (κ1) is 12.1. The summed E-state index contributed by atoms with van der Waals surface area (Å²) in [5, 5.41) is 2.78. The van der Waals surface area contributed by atoms with Crippen molar-refractivity contribution < 1.29 is 9.59 Å². The molecule has 0 atom stereocenters. The van der Waals surface area contributed by atoms with Crippen LogP contribution in [-0.2, 0) is 17.6 Å². The van der Waals surface area contributed by atoms with Gasteiger partial charge in [-0.1, -0.05) is 18.2 Å². The van der Waals surface area contributed by atoms with Crippen LogP contribution in [0.25, 0.3) is 0 Å². The van der Waals surface area contributed by atoms with Gasteiger partial charge < -0.3 is 10.2 Å². The van der Waals surface area contributed by atoms with Crippen LogP contribution in [0.5, 0.6) is 0 Å². The molecule has 21 heavy (non-hydrogen) atoms. The molecule has 0 spiro atoms. The molecule has 0 aromatic heterocycles. The van der Waals surface area contributed by atoms with E-state index in [1.165, 1.54) is 5.56 Å². The summed E-state index contributed by atoms with van der Waals surface area (Å²) < 4.78 is 0. The molecule has 0 bridgehead atoms. The summed E-state index contributed by atoms with van der Waals surface area (Å²) in [6.07, 6.45) is 1.25. The van der Waals surface area contributed by atoms with Gasteiger partial charge in [0, 0.05) is 23.5 Å². The summed E-state index contributed by atoms with van der Waals surface area (Å²) in [5.74, 6) is -0.0109. The SMILES string of the molecule is O=C1Cc2cc(C(=O)N3CCc4ccccc43)ccc2N1. The number of carbonyl (C=O) groups is 2. The van der Waals surface area contributed by atoms with Gasteiger partial charge in [0.2, 0.25) is 5.91 Å². The number of benzene rings is 2. The highest BCUT2D eigenvalue weighted by Crippen LogP contribution is 2.30. The fraction of sp³-hybridized carbons (Fsp3) is 0.176. The average Bonchev–Trinajstić information content (AvgIpc) is 3.07. The van der Waals surface area contributed by atoms with Crippen LogP contribution < -0.4 is 10.2 Å². The zero-order valence-electron chi connectivity index (χ0n) is 11.4. The van der Waals surface area contributed by atoms with E-state index in [2.05, 4.69) is 11.4 Å². The number of rotatable bonds is 1. The third-order valence-electron chi connectivity index (χ3n) is 4.11. The van der Waals surface area contributed by atoms with Crippen LogP contribution in [0.4, 0.5) is 11.4 Å². The molecule has 4 rings (SSSR count). The molecule has 0 saturated heterocycles. The fourth-order valence-electron chi connectivity index (χ4n) is 3.07. The Morgan fingerprint density at radius 2 is 1.95 bits per heavy atom. The zero-order valence-corrected chi connectivity index (χ0v) is 11.4. The van der Waals surface area contributed by atoms with E-state index < -0.39 is 0 Å². The highest BCUT2D eigenvalue weighted by Gasteiger charge is 2.26. The van der Waals surface area contributed by atoms with E-state index in [4.69, 9.17) is 0 Å². The van der Waals surface area contributed by atoms with Crippen LogP contribution in [0, 0.1) is 0 Å². The van der Waals surface area contributed by atoms with E-state index in [0.29, 0.717) is 18.5 Å². The summed E-state index contributed by atoms with van der Waals surface area (Å²) in [6.45, 7) is 0.715. The molecular weight excluding hydrogens is 264 g/mol. The van der Waals surface area contributed by atoms with Crippen LogP contribution in [0.1, 0.15) is 21.5 Å². The monoisotopic (exact) mass is 278 g/mol. The van der Waals surface area contributed by atoms with Gasteiger partial charge in [0.25, 0.3) is 5.91 Å². The van der Waals surface area contributed by atoms with E-state index in [1.807, 2.05) is 35.2 Å². The smallest absolute Gasteiger partial charge is 0.258 e. The summed E-state index contributed by atoms with van der Waals surface area (Å²) in [5.41, 5.74) is 4.57. The van der Waals surface area contributed by atoms with Crippen molar-refractivity contribution in [2.45, 2.75) is 12.8 Å². The maximum Gasteiger partial charge on any atom is 0.258 e. The topological polar surface area (TPSA) is 49.4 Å². The van der Waals surface area contributed by atoms with Crippen molar-refractivity contribution in [2.75, 3.05) is 16.8 Å². The van der Waals surface area contributed by atoms with Crippen LogP contribution >= 0.6 is 0 Å². The Morgan fingerprint density at radius 1 is 1.10 bits per heavy atom. The Bertz CT molecular complexity index is 767.